The molecule has 3 fully saturated rings. The topological polar surface area (TPSA) is 125 Å². The molecule has 9 nitrogen and oxygen atoms in total. The third kappa shape index (κ3) is 4.98. The van der Waals surface area contributed by atoms with Gasteiger partial charge in [0, 0.05) is 37.5 Å². The van der Waals surface area contributed by atoms with E-state index >= 15 is 0 Å². The third-order valence-electron chi connectivity index (χ3n) is 8.13. The standard InChI is InChI=1S/C26H33ClN4O5/c1-26(2)16-13-31(19(32)9-8-14-6-4-5-7-17(14)27)21(20(16)26)24(35)30-18(22(33)25(36)28-3)12-15-10-11-29-23(15)34/h4-7,15-16,18,20-21H,8-13H2,1-3H3,(H,28,36)(H,29,34)(H,30,35)/t15-,16-,18?,20-,21-/m0/s1. The van der Waals surface area contributed by atoms with Gasteiger partial charge in [-0.15, -0.1) is 0 Å². The van der Waals surface area contributed by atoms with Crippen LogP contribution in [0.2, 0.25) is 5.02 Å². The first-order valence-corrected chi connectivity index (χ1v) is 12.8. The van der Waals surface area contributed by atoms with Gasteiger partial charge in [-0.05, 0) is 48.1 Å². The summed E-state index contributed by atoms with van der Waals surface area (Å²) in [5, 5.41) is 8.35. The highest BCUT2D eigenvalue weighted by Crippen LogP contribution is 2.64. The van der Waals surface area contributed by atoms with Crippen LogP contribution in [0.15, 0.2) is 24.3 Å². The van der Waals surface area contributed by atoms with Gasteiger partial charge in [0.2, 0.25) is 23.5 Å². The van der Waals surface area contributed by atoms with Gasteiger partial charge in [-0.1, -0.05) is 43.6 Å². The number of rotatable bonds is 9. The Hall–Kier alpha value is -2.94. The van der Waals surface area contributed by atoms with Gasteiger partial charge >= 0.3 is 0 Å². The van der Waals surface area contributed by atoms with Crippen LogP contribution in [0.4, 0.5) is 0 Å². The number of carbonyl (C=O) groups is 5. The highest BCUT2D eigenvalue weighted by atomic mass is 35.5. The van der Waals surface area contributed by atoms with E-state index < -0.39 is 35.6 Å². The van der Waals surface area contributed by atoms with Gasteiger partial charge in [0.25, 0.3) is 5.91 Å². The minimum Gasteiger partial charge on any atom is -0.356 e. The second kappa shape index (κ2) is 10.2. The van der Waals surface area contributed by atoms with E-state index in [0.717, 1.165) is 5.56 Å². The smallest absolute Gasteiger partial charge is 0.289 e. The predicted octanol–water partition coefficient (Wildman–Crippen LogP) is 1.08. The molecule has 0 aromatic heterocycles. The maximum Gasteiger partial charge on any atom is 0.289 e. The molecule has 1 aromatic carbocycles. The summed E-state index contributed by atoms with van der Waals surface area (Å²) in [6, 6.07) is 5.46. The Morgan fingerprint density at radius 2 is 1.94 bits per heavy atom. The molecule has 10 heteroatoms. The summed E-state index contributed by atoms with van der Waals surface area (Å²) in [4.78, 5) is 65.5. The van der Waals surface area contributed by atoms with Crippen molar-refractivity contribution in [1.82, 2.24) is 20.9 Å². The number of Topliss-reactive ketones (excluding diaryl/α,β-unsaturated/α-hetero) is 1. The van der Waals surface area contributed by atoms with E-state index in [9.17, 15) is 24.0 Å². The second-order valence-electron chi connectivity index (χ2n) is 10.6. The van der Waals surface area contributed by atoms with Gasteiger partial charge in [0.05, 0.1) is 6.04 Å². The number of hydrogen-bond donors (Lipinski definition) is 3. The number of nitrogens with zero attached hydrogens (tertiary/aromatic N) is 1. The summed E-state index contributed by atoms with van der Waals surface area (Å²) in [6.45, 7) is 5.11. The van der Waals surface area contributed by atoms with Gasteiger partial charge < -0.3 is 20.9 Å². The number of likely N-dealkylation sites (N-methyl/N-ethyl adjacent to an activating group) is 1. The average Bonchev–Trinajstić information content (AvgIpc) is 3.21. The Morgan fingerprint density at radius 1 is 1.22 bits per heavy atom. The predicted molar refractivity (Wildman–Crippen MR) is 133 cm³/mol. The lowest BCUT2D eigenvalue weighted by Crippen LogP contribution is -2.55. The van der Waals surface area contributed by atoms with Crippen molar-refractivity contribution in [3.63, 3.8) is 0 Å². The number of hydrogen-bond acceptors (Lipinski definition) is 5. The molecule has 1 unspecified atom stereocenters. The molecule has 0 spiro atoms. The van der Waals surface area contributed by atoms with Gasteiger partial charge in [-0.25, -0.2) is 0 Å². The van der Waals surface area contributed by atoms with Gasteiger partial charge in [-0.2, -0.15) is 0 Å². The molecule has 2 saturated heterocycles. The molecule has 5 atom stereocenters. The number of ketones is 1. The first-order valence-electron chi connectivity index (χ1n) is 12.4. The van der Waals surface area contributed by atoms with Gasteiger partial charge in [0.15, 0.2) is 0 Å². The fourth-order valence-corrected chi connectivity index (χ4v) is 6.08. The molecular weight excluding hydrogens is 484 g/mol. The number of nitrogens with one attached hydrogen (secondary N) is 3. The van der Waals surface area contributed by atoms with Crippen molar-refractivity contribution in [1.29, 1.82) is 0 Å². The van der Waals surface area contributed by atoms with E-state index in [1.54, 1.807) is 11.0 Å². The van der Waals surface area contributed by atoms with E-state index in [2.05, 4.69) is 29.8 Å². The summed E-state index contributed by atoms with van der Waals surface area (Å²) in [6.07, 6.45) is 1.22. The zero-order chi connectivity index (χ0) is 26.2. The normalized spacial score (nSPS) is 26.6. The van der Waals surface area contributed by atoms with Crippen LogP contribution in [-0.4, -0.2) is 66.5 Å². The zero-order valence-corrected chi connectivity index (χ0v) is 21.6. The van der Waals surface area contributed by atoms with Crippen LogP contribution in [0, 0.1) is 23.2 Å². The number of piperidine rings is 1. The first-order chi connectivity index (χ1) is 17.1. The Labute approximate surface area is 215 Å². The van der Waals surface area contributed by atoms with Crippen molar-refractivity contribution in [3.8, 4) is 0 Å². The molecule has 36 heavy (non-hydrogen) atoms. The number of aryl methyl sites for hydroxylation is 1. The van der Waals surface area contributed by atoms with E-state index in [-0.39, 0.29) is 41.9 Å². The lowest BCUT2D eigenvalue weighted by atomic mass is 9.94. The quantitative estimate of drug-likeness (QED) is 0.424. The van der Waals surface area contributed by atoms with Crippen molar-refractivity contribution < 1.29 is 24.0 Å². The molecular formula is C26H33ClN4O5. The van der Waals surface area contributed by atoms with Crippen molar-refractivity contribution >= 4 is 41.0 Å². The fraction of sp³-hybridized carbons (Fsp3) is 0.577. The SMILES string of the molecule is CNC(=O)C(=O)C(C[C@@H]1CCNC1=O)NC(=O)[C@@H]1[C@@H]2[C@H](CN1C(=O)CCc1ccccc1Cl)C2(C)C. The van der Waals surface area contributed by atoms with Crippen LogP contribution < -0.4 is 16.0 Å². The van der Waals surface area contributed by atoms with E-state index in [4.69, 9.17) is 11.6 Å². The lowest BCUT2D eigenvalue weighted by molar-refractivity contribution is -0.143. The molecule has 0 radical (unpaired) electrons. The molecule has 3 aliphatic rings. The molecule has 4 amide bonds. The van der Waals surface area contributed by atoms with Crippen LogP contribution in [0.5, 0.6) is 0 Å². The van der Waals surface area contributed by atoms with Crippen molar-refractivity contribution in [3.05, 3.63) is 34.9 Å². The molecule has 194 valence electrons. The van der Waals surface area contributed by atoms with Crippen LogP contribution in [0.3, 0.4) is 0 Å². The summed E-state index contributed by atoms with van der Waals surface area (Å²) < 4.78 is 0. The molecule has 3 N–H and O–H groups in total. The molecule has 4 rings (SSSR count). The maximum atomic E-state index is 13.6. The van der Waals surface area contributed by atoms with E-state index in [1.807, 2.05) is 18.2 Å². The summed E-state index contributed by atoms with van der Waals surface area (Å²) in [5.74, 6) is -2.75. The van der Waals surface area contributed by atoms with Gasteiger partial charge in [0.1, 0.15) is 6.04 Å². The minimum atomic E-state index is -1.15. The fourth-order valence-electron chi connectivity index (χ4n) is 5.85. The van der Waals surface area contributed by atoms with Crippen LogP contribution in [0.1, 0.15) is 38.7 Å². The van der Waals surface area contributed by atoms with E-state index in [0.29, 0.717) is 31.0 Å². The Morgan fingerprint density at radius 3 is 2.58 bits per heavy atom. The van der Waals surface area contributed by atoms with Crippen molar-refractivity contribution in [2.75, 3.05) is 20.1 Å². The average molecular weight is 517 g/mol. The lowest BCUT2D eigenvalue weighted by Gasteiger charge is -2.31. The second-order valence-corrected chi connectivity index (χ2v) is 11.0. The molecule has 2 heterocycles. The molecule has 1 saturated carbocycles. The Balaban J connectivity index is 1.49. The zero-order valence-electron chi connectivity index (χ0n) is 20.8. The number of carbonyl (C=O) groups excluding carboxylic acids is 5. The van der Waals surface area contributed by atoms with Crippen LogP contribution >= 0.6 is 11.6 Å². The van der Waals surface area contributed by atoms with Crippen molar-refractivity contribution in [2.24, 2.45) is 23.2 Å². The number of amides is 4. The summed E-state index contributed by atoms with van der Waals surface area (Å²) >= 11 is 6.24. The van der Waals surface area contributed by atoms with E-state index in [1.165, 1.54) is 7.05 Å². The number of fused-ring (bicyclic) bond motifs is 1. The highest BCUT2D eigenvalue weighted by Gasteiger charge is 2.69. The number of benzene rings is 1. The molecule has 0 bridgehead atoms. The van der Waals surface area contributed by atoms with Crippen LogP contribution in [0.25, 0.3) is 0 Å². The van der Waals surface area contributed by atoms with Gasteiger partial charge in [-0.3, -0.25) is 24.0 Å². The number of likely N-dealkylation sites (tertiary alicyclic amines) is 1. The maximum absolute atomic E-state index is 13.6. The van der Waals surface area contributed by atoms with Crippen LogP contribution in [-0.2, 0) is 30.4 Å². The molecule has 2 aliphatic heterocycles. The molecule has 1 aliphatic carbocycles. The Bertz CT molecular complexity index is 1090. The minimum absolute atomic E-state index is 0.0349. The number of halogens is 1. The third-order valence-corrected chi connectivity index (χ3v) is 8.50. The molecule has 1 aromatic rings. The van der Waals surface area contributed by atoms with Crippen molar-refractivity contribution in [2.45, 2.75) is 51.6 Å². The summed E-state index contributed by atoms with van der Waals surface area (Å²) in [5.41, 5.74) is 0.761. The first kappa shape index (κ1) is 26.1. The monoisotopic (exact) mass is 516 g/mol. The highest BCUT2D eigenvalue weighted by molar-refractivity contribution is 6.38. The summed E-state index contributed by atoms with van der Waals surface area (Å²) in [7, 11) is 1.34. The Kier molecular flexibility index (Phi) is 7.41. The largest absolute Gasteiger partial charge is 0.356 e.